The van der Waals surface area contributed by atoms with Crippen LogP contribution in [0.15, 0.2) is 43.0 Å². The summed E-state index contributed by atoms with van der Waals surface area (Å²) in [6.45, 7) is 5.12. The van der Waals surface area contributed by atoms with E-state index in [1.54, 1.807) is 18.5 Å². The highest BCUT2D eigenvalue weighted by Gasteiger charge is 2.40. The zero-order chi connectivity index (χ0) is 23.7. The van der Waals surface area contributed by atoms with Gasteiger partial charge in [0.1, 0.15) is 29.3 Å². The standard InChI is InChI=1S/C24H27N9O/c1-24(4-5-24)34-17-2-3-19(26)18(10-17)23(27)20-11-21(31-15-30-20)32-6-8-33(9-7-32)22-14-28-16(12-25)13-29-22/h2-3,10-15,25,27H,4-9,26H2,1H3. The minimum Gasteiger partial charge on any atom is -0.488 e. The molecule has 0 radical (unpaired) electrons. The smallest absolute Gasteiger partial charge is 0.147 e. The lowest BCUT2D eigenvalue weighted by atomic mass is 10.0. The Hall–Kier alpha value is -4.08. The highest BCUT2D eigenvalue weighted by atomic mass is 16.5. The molecule has 1 aromatic carbocycles. The van der Waals surface area contributed by atoms with Crippen LogP contribution < -0.4 is 20.3 Å². The molecule has 0 amide bonds. The first-order valence-corrected chi connectivity index (χ1v) is 11.3. The fraction of sp³-hybridized carbons (Fsp3) is 0.333. The van der Waals surface area contributed by atoms with Gasteiger partial charge in [-0.3, -0.25) is 5.41 Å². The monoisotopic (exact) mass is 457 g/mol. The van der Waals surface area contributed by atoms with Crippen molar-refractivity contribution in [2.45, 2.75) is 25.4 Å². The number of nitrogens with two attached hydrogens (primary N) is 1. The van der Waals surface area contributed by atoms with Crippen molar-refractivity contribution in [2.24, 2.45) is 0 Å². The molecule has 174 valence electrons. The Morgan fingerprint density at radius 2 is 1.74 bits per heavy atom. The largest absolute Gasteiger partial charge is 0.488 e. The van der Waals surface area contributed by atoms with Crippen molar-refractivity contribution >= 4 is 29.2 Å². The van der Waals surface area contributed by atoms with Crippen LogP contribution in [0.25, 0.3) is 0 Å². The van der Waals surface area contributed by atoms with Crippen LogP contribution in [-0.4, -0.2) is 63.6 Å². The Bertz CT molecular complexity index is 1220. The molecule has 5 rings (SSSR count). The number of anilines is 3. The van der Waals surface area contributed by atoms with Crippen LogP contribution in [0.2, 0.25) is 0 Å². The quantitative estimate of drug-likeness (QED) is 0.363. The minimum absolute atomic E-state index is 0.104. The van der Waals surface area contributed by atoms with Gasteiger partial charge in [-0.15, -0.1) is 0 Å². The Morgan fingerprint density at radius 1 is 1.00 bits per heavy atom. The van der Waals surface area contributed by atoms with Crippen LogP contribution in [0.5, 0.6) is 5.75 Å². The van der Waals surface area contributed by atoms with Gasteiger partial charge < -0.3 is 25.7 Å². The van der Waals surface area contributed by atoms with E-state index in [2.05, 4.69) is 36.7 Å². The maximum absolute atomic E-state index is 8.76. The lowest BCUT2D eigenvalue weighted by molar-refractivity contribution is 0.200. The second-order valence-electron chi connectivity index (χ2n) is 8.86. The van der Waals surface area contributed by atoms with Gasteiger partial charge in [-0.2, -0.15) is 0 Å². The Kier molecular flexibility index (Phi) is 5.56. The molecular weight excluding hydrogens is 430 g/mol. The third-order valence-corrected chi connectivity index (χ3v) is 6.25. The molecule has 4 N–H and O–H groups in total. The molecule has 3 aromatic rings. The minimum atomic E-state index is -0.104. The lowest BCUT2D eigenvalue weighted by Crippen LogP contribution is -2.47. The van der Waals surface area contributed by atoms with Gasteiger partial charge in [-0.25, -0.2) is 19.9 Å². The molecule has 1 saturated carbocycles. The summed E-state index contributed by atoms with van der Waals surface area (Å²) in [6, 6.07) is 7.30. The molecule has 3 heterocycles. The number of ether oxygens (including phenoxy) is 1. The number of benzene rings is 1. The van der Waals surface area contributed by atoms with E-state index in [-0.39, 0.29) is 11.3 Å². The molecule has 1 aliphatic carbocycles. The zero-order valence-electron chi connectivity index (χ0n) is 19.0. The number of nitrogens with zero attached hydrogens (tertiary/aromatic N) is 6. The summed E-state index contributed by atoms with van der Waals surface area (Å²) in [5, 5.41) is 16.0. The van der Waals surface area contributed by atoms with Gasteiger partial charge >= 0.3 is 0 Å². The fourth-order valence-electron chi connectivity index (χ4n) is 3.91. The normalized spacial score (nSPS) is 16.7. The van der Waals surface area contributed by atoms with Crippen LogP contribution in [0.4, 0.5) is 17.3 Å². The molecule has 0 atom stereocenters. The summed E-state index contributed by atoms with van der Waals surface area (Å²) in [5.74, 6) is 2.29. The number of hydrogen-bond donors (Lipinski definition) is 3. The van der Waals surface area contributed by atoms with Crippen molar-refractivity contribution < 1.29 is 4.74 Å². The van der Waals surface area contributed by atoms with E-state index >= 15 is 0 Å². The first-order chi connectivity index (χ1) is 16.4. The second-order valence-corrected chi connectivity index (χ2v) is 8.86. The maximum atomic E-state index is 8.76. The lowest BCUT2D eigenvalue weighted by Gasteiger charge is -2.35. The third kappa shape index (κ3) is 4.52. The molecule has 2 aliphatic rings. The van der Waals surface area contributed by atoms with Gasteiger partial charge in [0.15, 0.2) is 0 Å². The number of aromatic nitrogens is 4. The predicted molar refractivity (Wildman–Crippen MR) is 131 cm³/mol. The Morgan fingerprint density at radius 3 is 2.38 bits per heavy atom. The van der Waals surface area contributed by atoms with E-state index in [9.17, 15) is 0 Å². The number of piperazine rings is 1. The zero-order valence-corrected chi connectivity index (χ0v) is 19.0. The van der Waals surface area contributed by atoms with Crippen molar-refractivity contribution in [3.63, 3.8) is 0 Å². The molecule has 2 aromatic heterocycles. The first-order valence-electron chi connectivity index (χ1n) is 11.3. The number of nitrogen functional groups attached to an aromatic ring is 1. The van der Waals surface area contributed by atoms with Crippen molar-refractivity contribution in [3.8, 4) is 5.75 Å². The summed E-state index contributed by atoms with van der Waals surface area (Å²) in [4.78, 5) is 21.7. The van der Waals surface area contributed by atoms with Gasteiger partial charge in [0, 0.05) is 49.7 Å². The van der Waals surface area contributed by atoms with Gasteiger partial charge in [-0.1, -0.05) is 0 Å². The summed E-state index contributed by atoms with van der Waals surface area (Å²) < 4.78 is 6.05. The Labute approximate surface area is 197 Å². The van der Waals surface area contributed by atoms with Crippen molar-refractivity contribution in [3.05, 3.63) is 59.9 Å². The van der Waals surface area contributed by atoms with E-state index in [4.69, 9.17) is 21.3 Å². The molecular formula is C24H27N9O. The van der Waals surface area contributed by atoms with Gasteiger partial charge in [-0.05, 0) is 38.0 Å². The number of rotatable bonds is 7. The average Bonchev–Trinajstić information content (AvgIpc) is 3.61. The van der Waals surface area contributed by atoms with Crippen LogP contribution in [0.3, 0.4) is 0 Å². The molecule has 2 fully saturated rings. The fourth-order valence-corrected chi connectivity index (χ4v) is 3.91. The number of hydrogen-bond acceptors (Lipinski definition) is 10. The van der Waals surface area contributed by atoms with Gasteiger partial charge in [0.25, 0.3) is 0 Å². The third-order valence-electron chi connectivity index (χ3n) is 6.25. The molecule has 10 heteroatoms. The van der Waals surface area contributed by atoms with Crippen molar-refractivity contribution in [1.29, 1.82) is 10.8 Å². The molecule has 0 bridgehead atoms. The molecule has 0 unspecified atom stereocenters. The highest BCUT2D eigenvalue weighted by Crippen LogP contribution is 2.40. The van der Waals surface area contributed by atoms with E-state index < -0.39 is 0 Å². The van der Waals surface area contributed by atoms with E-state index in [1.807, 2.05) is 18.2 Å². The molecule has 10 nitrogen and oxygen atoms in total. The summed E-state index contributed by atoms with van der Waals surface area (Å²) in [7, 11) is 0. The maximum Gasteiger partial charge on any atom is 0.147 e. The summed E-state index contributed by atoms with van der Waals surface area (Å²) in [5.41, 5.74) is 8.51. The Balaban J connectivity index is 1.29. The number of nitrogens with one attached hydrogen (secondary N) is 2. The van der Waals surface area contributed by atoms with Crippen LogP contribution >= 0.6 is 0 Å². The van der Waals surface area contributed by atoms with E-state index in [0.29, 0.717) is 22.6 Å². The molecule has 1 saturated heterocycles. The van der Waals surface area contributed by atoms with E-state index in [0.717, 1.165) is 56.4 Å². The summed E-state index contributed by atoms with van der Waals surface area (Å²) in [6.07, 6.45) is 8.06. The molecule has 1 aliphatic heterocycles. The van der Waals surface area contributed by atoms with Crippen LogP contribution in [-0.2, 0) is 0 Å². The van der Waals surface area contributed by atoms with E-state index in [1.165, 1.54) is 12.5 Å². The van der Waals surface area contributed by atoms with Crippen LogP contribution in [0.1, 0.15) is 36.7 Å². The predicted octanol–water partition coefficient (Wildman–Crippen LogP) is 2.52. The van der Waals surface area contributed by atoms with Gasteiger partial charge in [0.05, 0.1) is 29.5 Å². The summed E-state index contributed by atoms with van der Waals surface area (Å²) >= 11 is 0. The topological polar surface area (TPSA) is 141 Å². The SMILES string of the molecule is CC1(Oc2ccc(N)c(C(=N)c3cc(N4CCN(c5cnc(C=N)cn5)CC4)ncn3)c2)CC1. The highest BCUT2D eigenvalue weighted by molar-refractivity contribution is 6.13. The van der Waals surface area contributed by atoms with Crippen molar-refractivity contribution in [1.82, 2.24) is 19.9 Å². The molecule has 34 heavy (non-hydrogen) atoms. The second kappa shape index (κ2) is 8.69. The van der Waals surface area contributed by atoms with Crippen LogP contribution in [0, 0.1) is 10.8 Å². The average molecular weight is 458 g/mol. The molecule has 0 spiro atoms. The van der Waals surface area contributed by atoms with Crippen molar-refractivity contribution in [2.75, 3.05) is 41.7 Å². The first kappa shape index (κ1) is 21.7. The van der Waals surface area contributed by atoms with Gasteiger partial charge in [0.2, 0.25) is 0 Å².